The van der Waals surface area contributed by atoms with Crippen LogP contribution in [0.1, 0.15) is 16.1 Å². The zero-order chi connectivity index (χ0) is 27.3. The number of carbonyl (C=O) groups is 1. The van der Waals surface area contributed by atoms with Crippen LogP contribution in [-0.4, -0.2) is 37.2 Å². The number of aromatic nitrogens is 2. The van der Waals surface area contributed by atoms with Crippen molar-refractivity contribution in [1.29, 1.82) is 0 Å². The summed E-state index contributed by atoms with van der Waals surface area (Å²) in [6.07, 6.45) is 0. The first-order chi connectivity index (χ1) is 18.2. The van der Waals surface area contributed by atoms with Gasteiger partial charge in [-0.1, -0.05) is 12.1 Å². The highest BCUT2D eigenvalue weighted by Gasteiger charge is 2.30. The van der Waals surface area contributed by atoms with E-state index >= 15 is 0 Å². The normalized spacial score (nSPS) is 11.2. The maximum Gasteiger partial charge on any atom is 0.341 e. The van der Waals surface area contributed by atoms with Crippen LogP contribution in [0.4, 0.5) is 37.6 Å². The Morgan fingerprint density at radius 1 is 0.868 bits per heavy atom. The number of rotatable bonds is 9. The Morgan fingerprint density at radius 2 is 1.47 bits per heavy atom. The number of nitrogens with one attached hydrogen (secondary N) is 3. The number of aryl methyl sites for hydroxylation is 1. The predicted molar refractivity (Wildman–Crippen MR) is 140 cm³/mol. The van der Waals surface area contributed by atoms with E-state index in [4.69, 9.17) is 4.74 Å². The van der Waals surface area contributed by atoms with Crippen LogP contribution < -0.4 is 20.7 Å². The van der Waals surface area contributed by atoms with Gasteiger partial charge >= 0.3 is 5.76 Å². The van der Waals surface area contributed by atoms with Gasteiger partial charge in [-0.15, -0.1) is 0 Å². The summed E-state index contributed by atoms with van der Waals surface area (Å²) in [5, 5.41) is 8.82. The average Bonchev–Trinajstić information content (AvgIpc) is 2.90. The fraction of sp³-hybridized carbons (Fsp3) is 0.115. The van der Waals surface area contributed by atoms with E-state index in [1.807, 2.05) is 31.2 Å². The van der Waals surface area contributed by atoms with E-state index in [1.165, 1.54) is 18.2 Å². The van der Waals surface area contributed by atoms with Crippen LogP contribution in [0.15, 0.2) is 83.8 Å². The number of alkyl halides is 2. The molecule has 0 unspecified atom stereocenters. The minimum Gasteiger partial charge on any atom is -0.497 e. The fourth-order valence-electron chi connectivity index (χ4n) is 3.47. The summed E-state index contributed by atoms with van der Waals surface area (Å²) in [5.41, 5.74) is 2.11. The Balaban J connectivity index is 1.46. The lowest BCUT2D eigenvalue weighted by Crippen LogP contribution is -2.19. The zero-order valence-electron chi connectivity index (χ0n) is 20.3. The van der Waals surface area contributed by atoms with Crippen LogP contribution in [0.5, 0.6) is 5.75 Å². The van der Waals surface area contributed by atoms with Crippen LogP contribution in [0.3, 0.4) is 0 Å². The molecule has 0 radical (unpaired) electrons. The molecule has 0 bridgehead atoms. The first-order valence-corrected chi connectivity index (χ1v) is 12.8. The molecule has 0 aliphatic carbocycles. The van der Waals surface area contributed by atoms with Crippen molar-refractivity contribution in [3.63, 3.8) is 0 Å². The summed E-state index contributed by atoms with van der Waals surface area (Å²) >= 11 is 0. The minimum atomic E-state index is -4.95. The summed E-state index contributed by atoms with van der Waals surface area (Å²) < 4.78 is 55.1. The summed E-state index contributed by atoms with van der Waals surface area (Å²) in [7, 11) is -3.35. The Hall–Kier alpha value is -4.58. The van der Waals surface area contributed by atoms with Crippen molar-refractivity contribution in [2.45, 2.75) is 17.6 Å². The van der Waals surface area contributed by atoms with Crippen molar-refractivity contribution in [2.75, 3.05) is 23.1 Å². The number of benzene rings is 3. The summed E-state index contributed by atoms with van der Waals surface area (Å²) in [6, 6.07) is 20.4. The minimum absolute atomic E-state index is 0.330. The van der Waals surface area contributed by atoms with Gasteiger partial charge in [0.2, 0.25) is 15.8 Å². The fourth-order valence-corrected chi connectivity index (χ4v) is 4.40. The van der Waals surface area contributed by atoms with Gasteiger partial charge in [0.1, 0.15) is 11.6 Å². The monoisotopic (exact) mass is 539 g/mol. The maximum atomic E-state index is 13.0. The lowest BCUT2D eigenvalue weighted by Gasteiger charge is -2.12. The van der Waals surface area contributed by atoms with Crippen molar-refractivity contribution >= 4 is 44.6 Å². The number of amides is 1. The third kappa shape index (κ3) is 6.21. The third-order valence-corrected chi connectivity index (χ3v) is 6.73. The molecule has 12 heteroatoms. The molecule has 4 aromatic rings. The second-order valence-corrected chi connectivity index (χ2v) is 9.92. The van der Waals surface area contributed by atoms with E-state index in [2.05, 4.69) is 25.9 Å². The van der Waals surface area contributed by atoms with Crippen molar-refractivity contribution in [1.82, 2.24) is 9.97 Å². The molecule has 3 aromatic carbocycles. The second kappa shape index (κ2) is 11.2. The molecule has 0 fully saturated rings. The summed E-state index contributed by atoms with van der Waals surface area (Å²) in [6.45, 7) is 1.83. The molecule has 0 saturated carbocycles. The van der Waals surface area contributed by atoms with Gasteiger partial charge in [0, 0.05) is 28.8 Å². The molecule has 0 spiro atoms. The lowest BCUT2D eigenvalue weighted by atomic mass is 10.2. The second-order valence-electron chi connectivity index (χ2n) is 8.03. The number of carbonyl (C=O) groups excluding carboxylic acids is 1. The number of halogens is 2. The van der Waals surface area contributed by atoms with Crippen molar-refractivity contribution < 1.29 is 26.7 Å². The molecule has 9 nitrogen and oxygen atoms in total. The molecule has 196 valence electrons. The van der Waals surface area contributed by atoms with Crippen LogP contribution in [-0.2, 0) is 9.84 Å². The molecule has 0 aliphatic heterocycles. The van der Waals surface area contributed by atoms with Crippen molar-refractivity contribution in [3.05, 3.63) is 90.1 Å². The first-order valence-electron chi connectivity index (χ1n) is 11.2. The van der Waals surface area contributed by atoms with Crippen molar-refractivity contribution in [3.8, 4) is 5.75 Å². The number of hydrogen-bond donors (Lipinski definition) is 3. The van der Waals surface area contributed by atoms with Crippen LogP contribution in [0.25, 0.3) is 0 Å². The SMILES string of the molecule is COc1ccc(Nc2cc(C)nc(Nc3ccc(NC(=O)c4ccccc4S(=O)(=O)C(F)F)cc3)n2)cc1. The number of nitrogens with zero attached hydrogens (tertiary/aromatic N) is 2. The Labute approximate surface area is 217 Å². The van der Waals surface area contributed by atoms with Gasteiger partial charge in [-0.3, -0.25) is 4.79 Å². The van der Waals surface area contributed by atoms with E-state index in [1.54, 1.807) is 37.4 Å². The number of hydrogen-bond acceptors (Lipinski definition) is 8. The maximum absolute atomic E-state index is 13.0. The third-order valence-electron chi connectivity index (χ3n) is 5.29. The van der Waals surface area contributed by atoms with Gasteiger partial charge in [0.25, 0.3) is 5.91 Å². The molecule has 1 amide bonds. The van der Waals surface area contributed by atoms with Gasteiger partial charge < -0.3 is 20.7 Å². The number of anilines is 5. The van der Waals surface area contributed by atoms with Crippen LogP contribution in [0.2, 0.25) is 0 Å². The molecule has 38 heavy (non-hydrogen) atoms. The van der Waals surface area contributed by atoms with Crippen molar-refractivity contribution in [2.24, 2.45) is 0 Å². The van der Waals surface area contributed by atoms with Gasteiger partial charge in [-0.2, -0.15) is 13.8 Å². The van der Waals surface area contributed by atoms with E-state index in [0.29, 0.717) is 23.1 Å². The smallest absolute Gasteiger partial charge is 0.341 e. The summed E-state index contributed by atoms with van der Waals surface area (Å²) in [4.78, 5) is 20.8. The van der Waals surface area contributed by atoms with Gasteiger partial charge in [-0.25, -0.2) is 13.4 Å². The number of ether oxygens (including phenoxy) is 1. The Morgan fingerprint density at radius 3 is 2.13 bits per heavy atom. The number of methoxy groups -OCH3 is 1. The van der Waals surface area contributed by atoms with E-state index in [0.717, 1.165) is 23.2 Å². The number of sulfone groups is 1. The van der Waals surface area contributed by atoms with Gasteiger partial charge in [0.05, 0.1) is 17.6 Å². The molecular formula is C26H23F2N5O4S. The predicted octanol–water partition coefficient (Wildman–Crippen LogP) is 5.53. The van der Waals surface area contributed by atoms with Gasteiger partial charge in [0.15, 0.2) is 0 Å². The summed E-state index contributed by atoms with van der Waals surface area (Å²) in [5.74, 6) is -2.83. The highest BCUT2D eigenvalue weighted by atomic mass is 32.2. The Kier molecular flexibility index (Phi) is 7.82. The van der Waals surface area contributed by atoms with E-state index in [9.17, 15) is 22.0 Å². The molecule has 1 heterocycles. The quantitative estimate of drug-likeness (QED) is 0.254. The molecule has 1 aromatic heterocycles. The zero-order valence-corrected chi connectivity index (χ0v) is 21.1. The topological polar surface area (TPSA) is 122 Å². The van der Waals surface area contributed by atoms with Gasteiger partial charge in [-0.05, 0) is 67.6 Å². The standard InChI is InChI=1S/C26H23F2N5O4S/c1-16-15-23(30-17-11-13-20(37-2)14-12-17)33-26(29-16)32-19-9-7-18(8-10-19)31-24(34)21-5-3-4-6-22(21)38(35,36)25(27)28/h3-15,25H,1-2H3,(H,31,34)(H2,29,30,32,33). The molecule has 0 saturated heterocycles. The highest BCUT2D eigenvalue weighted by Crippen LogP contribution is 2.25. The largest absolute Gasteiger partial charge is 0.497 e. The molecular weight excluding hydrogens is 516 g/mol. The molecule has 3 N–H and O–H groups in total. The van der Waals surface area contributed by atoms with E-state index < -0.39 is 26.4 Å². The first kappa shape index (κ1) is 26.5. The average molecular weight is 540 g/mol. The molecule has 0 aliphatic rings. The molecule has 4 rings (SSSR count). The van der Waals surface area contributed by atoms with E-state index in [-0.39, 0.29) is 5.56 Å². The van der Waals surface area contributed by atoms with Crippen LogP contribution >= 0.6 is 0 Å². The molecule has 0 atom stereocenters. The lowest BCUT2D eigenvalue weighted by molar-refractivity contribution is 0.102. The van der Waals surface area contributed by atoms with Crippen LogP contribution in [0, 0.1) is 6.92 Å². The highest BCUT2D eigenvalue weighted by molar-refractivity contribution is 7.91. The Bertz CT molecular complexity index is 1550.